The maximum absolute atomic E-state index is 5.85. The van der Waals surface area contributed by atoms with Gasteiger partial charge in [0.15, 0.2) is 0 Å². The molecular weight excluding hydrogens is 282 g/mol. The first-order valence-corrected chi connectivity index (χ1v) is 8.65. The number of hydrogen-bond acceptors (Lipinski definition) is 2. The molecular formula is C21H27NO. The Morgan fingerprint density at radius 2 is 1.70 bits per heavy atom. The average molecular weight is 309 g/mol. The van der Waals surface area contributed by atoms with Crippen LogP contribution >= 0.6 is 0 Å². The second-order valence-electron chi connectivity index (χ2n) is 6.62. The molecule has 2 atom stereocenters. The third-order valence-electron chi connectivity index (χ3n) is 4.95. The number of aryl methyl sites for hydroxylation is 2. The Bertz CT molecular complexity index is 638. The molecule has 0 radical (unpaired) electrons. The summed E-state index contributed by atoms with van der Waals surface area (Å²) in [4.78, 5) is 2.50. The van der Waals surface area contributed by atoms with Crippen LogP contribution in [0.3, 0.4) is 0 Å². The molecule has 0 bridgehead atoms. The number of nitrogens with zero attached hydrogens (tertiary/aromatic N) is 1. The van der Waals surface area contributed by atoms with Crippen molar-refractivity contribution in [1.82, 2.24) is 0 Å². The summed E-state index contributed by atoms with van der Waals surface area (Å²) >= 11 is 0. The Hall–Kier alpha value is -1.80. The largest absolute Gasteiger partial charge is 0.379 e. The average Bonchev–Trinajstić information content (AvgIpc) is 2.58. The highest BCUT2D eigenvalue weighted by atomic mass is 16.5. The number of anilines is 2. The van der Waals surface area contributed by atoms with Gasteiger partial charge in [-0.15, -0.1) is 0 Å². The van der Waals surface area contributed by atoms with E-state index in [1.165, 1.54) is 41.8 Å². The Labute approximate surface area is 140 Å². The molecule has 0 heterocycles. The van der Waals surface area contributed by atoms with E-state index in [0.717, 1.165) is 6.42 Å². The van der Waals surface area contributed by atoms with Gasteiger partial charge in [0.1, 0.15) is 0 Å². The van der Waals surface area contributed by atoms with Crippen molar-refractivity contribution in [2.24, 2.45) is 0 Å². The zero-order chi connectivity index (χ0) is 16.2. The molecule has 2 nitrogen and oxygen atoms in total. The van der Waals surface area contributed by atoms with Crippen LogP contribution in [0.5, 0.6) is 0 Å². The van der Waals surface area contributed by atoms with Crippen molar-refractivity contribution >= 4 is 11.4 Å². The maximum atomic E-state index is 5.85. The van der Waals surface area contributed by atoms with E-state index >= 15 is 0 Å². The zero-order valence-electron chi connectivity index (χ0n) is 14.5. The first kappa shape index (κ1) is 16.1. The molecule has 2 aromatic carbocycles. The lowest BCUT2D eigenvalue weighted by Crippen LogP contribution is -2.44. The van der Waals surface area contributed by atoms with E-state index in [1.807, 2.05) is 7.11 Å². The fourth-order valence-corrected chi connectivity index (χ4v) is 3.82. The second kappa shape index (κ2) is 7.18. The molecule has 2 heteroatoms. The van der Waals surface area contributed by atoms with E-state index in [9.17, 15) is 0 Å². The van der Waals surface area contributed by atoms with Gasteiger partial charge in [-0.05, 0) is 50.5 Å². The number of methoxy groups -OCH3 is 1. The molecule has 23 heavy (non-hydrogen) atoms. The van der Waals surface area contributed by atoms with Crippen LogP contribution in [0.2, 0.25) is 0 Å². The summed E-state index contributed by atoms with van der Waals surface area (Å²) < 4.78 is 5.85. The monoisotopic (exact) mass is 309 g/mol. The molecule has 3 rings (SSSR count). The Balaban J connectivity index is 2.06. The summed E-state index contributed by atoms with van der Waals surface area (Å²) in [5, 5.41) is 0. The minimum absolute atomic E-state index is 0.296. The van der Waals surface area contributed by atoms with Gasteiger partial charge in [0, 0.05) is 18.5 Å². The lowest BCUT2D eigenvalue weighted by atomic mass is 9.90. The summed E-state index contributed by atoms with van der Waals surface area (Å²) in [7, 11) is 1.86. The fourth-order valence-electron chi connectivity index (χ4n) is 3.82. The van der Waals surface area contributed by atoms with E-state index < -0.39 is 0 Å². The van der Waals surface area contributed by atoms with Crippen LogP contribution in [0, 0.1) is 13.8 Å². The van der Waals surface area contributed by atoms with Crippen molar-refractivity contribution in [2.75, 3.05) is 12.0 Å². The molecule has 0 aromatic heterocycles. The van der Waals surface area contributed by atoms with E-state index in [4.69, 9.17) is 4.74 Å². The number of ether oxygens (including phenoxy) is 1. The second-order valence-corrected chi connectivity index (χ2v) is 6.62. The van der Waals surface area contributed by atoms with Crippen molar-refractivity contribution in [3.8, 4) is 0 Å². The summed E-state index contributed by atoms with van der Waals surface area (Å²) in [6, 6.07) is 17.9. The van der Waals surface area contributed by atoms with Gasteiger partial charge in [-0.3, -0.25) is 0 Å². The molecule has 2 aromatic rings. The molecule has 0 aliphatic heterocycles. The number of rotatable bonds is 4. The van der Waals surface area contributed by atoms with Gasteiger partial charge >= 0.3 is 0 Å². The van der Waals surface area contributed by atoms with Crippen LogP contribution in [0.25, 0.3) is 0 Å². The molecule has 2 unspecified atom stereocenters. The minimum Gasteiger partial charge on any atom is -0.379 e. The van der Waals surface area contributed by atoms with Gasteiger partial charge in [0.2, 0.25) is 0 Å². The molecule has 1 fully saturated rings. The van der Waals surface area contributed by atoms with Gasteiger partial charge in [0.25, 0.3) is 0 Å². The number of para-hydroxylation sites is 1. The molecule has 1 aliphatic carbocycles. The lowest BCUT2D eigenvalue weighted by molar-refractivity contribution is 0.0545. The molecule has 0 N–H and O–H groups in total. The van der Waals surface area contributed by atoms with Crippen molar-refractivity contribution in [3.63, 3.8) is 0 Å². The van der Waals surface area contributed by atoms with Crippen molar-refractivity contribution in [3.05, 3.63) is 59.7 Å². The topological polar surface area (TPSA) is 12.5 Å². The van der Waals surface area contributed by atoms with Crippen molar-refractivity contribution in [1.29, 1.82) is 0 Å². The van der Waals surface area contributed by atoms with Crippen LogP contribution in [0.4, 0.5) is 11.4 Å². The molecule has 1 saturated carbocycles. The predicted octanol–water partition coefficient (Wildman–Crippen LogP) is 5.40. The smallest absolute Gasteiger partial charge is 0.0778 e. The highest BCUT2D eigenvalue weighted by Gasteiger charge is 2.32. The normalized spacial score (nSPS) is 21.2. The Morgan fingerprint density at radius 3 is 2.39 bits per heavy atom. The SMILES string of the molecule is COC1CCCCC1N(c1ccccc1)c1ccc(C)cc1C. The van der Waals surface area contributed by atoms with Crippen molar-refractivity contribution < 1.29 is 4.74 Å². The third kappa shape index (κ3) is 3.42. The maximum Gasteiger partial charge on any atom is 0.0778 e. The Morgan fingerprint density at radius 1 is 0.957 bits per heavy atom. The van der Waals surface area contributed by atoms with E-state index in [1.54, 1.807) is 0 Å². The lowest BCUT2D eigenvalue weighted by Gasteiger charge is -2.41. The number of hydrogen-bond donors (Lipinski definition) is 0. The van der Waals surface area contributed by atoms with E-state index in [2.05, 4.69) is 67.3 Å². The van der Waals surface area contributed by atoms with Gasteiger partial charge in [-0.2, -0.15) is 0 Å². The van der Waals surface area contributed by atoms with E-state index in [-0.39, 0.29) is 0 Å². The molecule has 0 amide bonds. The van der Waals surface area contributed by atoms with Crippen LogP contribution in [-0.4, -0.2) is 19.3 Å². The quantitative estimate of drug-likeness (QED) is 0.750. The van der Waals surface area contributed by atoms with Gasteiger partial charge in [-0.1, -0.05) is 48.7 Å². The first-order chi connectivity index (χ1) is 11.2. The summed E-state index contributed by atoms with van der Waals surface area (Å²) in [6.07, 6.45) is 5.17. The fraction of sp³-hybridized carbons (Fsp3) is 0.429. The van der Waals surface area contributed by atoms with Crippen LogP contribution in [0.15, 0.2) is 48.5 Å². The summed E-state index contributed by atoms with van der Waals surface area (Å²) in [6.45, 7) is 4.37. The van der Waals surface area contributed by atoms with Crippen LogP contribution in [-0.2, 0) is 4.74 Å². The molecule has 0 spiro atoms. The van der Waals surface area contributed by atoms with Crippen molar-refractivity contribution in [2.45, 2.75) is 51.7 Å². The summed E-state index contributed by atoms with van der Waals surface area (Å²) in [5.41, 5.74) is 5.20. The third-order valence-corrected chi connectivity index (χ3v) is 4.95. The Kier molecular flexibility index (Phi) is 5.02. The zero-order valence-corrected chi connectivity index (χ0v) is 14.5. The summed E-state index contributed by atoms with van der Waals surface area (Å²) in [5.74, 6) is 0. The van der Waals surface area contributed by atoms with Gasteiger partial charge < -0.3 is 9.64 Å². The first-order valence-electron chi connectivity index (χ1n) is 8.65. The molecule has 0 saturated heterocycles. The number of benzene rings is 2. The highest BCUT2D eigenvalue weighted by molar-refractivity contribution is 5.68. The molecule has 1 aliphatic rings. The predicted molar refractivity (Wildman–Crippen MR) is 97.6 cm³/mol. The standard InChI is InChI=1S/C21H27NO/c1-16-13-14-19(17(2)15-16)22(18-9-5-4-6-10-18)20-11-7-8-12-21(20)23-3/h4-6,9-10,13-15,20-21H,7-8,11-12H2,1-3H3. The van der Waals surface area contributed by atoms with Gasteiger partial charge in [-0.25, -0.2) is 0 Å². The van der Waals surface area contributed by atoms with E-state index in [0.29, 0.717) is 12.1 Å². The van der Waals surface area contributed by atoms with Gasteiger partial charge in [0.05, 0.1) is 12.1 Å². The highest BCUT2D eigenvalue weighted by Crippen LogP contribution is 2.37. The minimum atomic E-state index is 0.296. The van der Waals surface area contributed by atoms with Crippen LogP contribution < -0.4 is 4.90 Å². The van der Waals surface area contributed by atoms with Crippen LogP contribution in [0.1, 0.15) is 36.8 Å². The molecule has 122 valence electrons.